The van der Waals surface area contributed by atoms with E-state index in [4.69, 9.17) is 4.74 Å². The van der Waals surface area contributed by atoms with Gasteiger partial charge in [-0.3, -0.25) is 9.78 Å². The summed E-state index contributed by atoms with van der Waals surface area (Å²) in [6.07, 6.45) is 6.51. The Kier molecular flexibility index (Phi) is 6.82. The Hall–Kier alpha value is -2.40. The Bertz CT molecular complexity index is 710. The van der Waals surface area contributed by atoms with Gasteiger partial charge in [-0.15, -0.1) is 0 Å². The Labute approximate surface area is 162 Å². The van der Waals surface area contributed by atoms with E-state index in [1.807, 2.05) is 17.0 Å². The minimum Gasteiger partial charge on any atom is -0.497 e. The molecule has 5 heteroatoms. The maximum atomic E-state index is 13.1. The number of rotatable bonds is 7. The molecule has 0 radical (unpaired) electrons. The zero-order valence-electron chi connectivity index (χ0n) is 16.3. The summed E-state index contributed by atoms with van der Waals surface area (Å²) in [6, 6.07) is 11.7. The van der Waals surface area contributed by atoms with Gasteiger partial charge in [0.25, 0.3) is 5.91 Å². The molecule has 1 aromatic carbocycles. The van der Waals surface area contributed by atoms with Gasteiger partial charge in [-0.1, -0.05) is 12.1 Å². The number of nitrogens with zero attached hydrogens (tertiary/aromatic N) is 3. The molecule has 2 aromatic rings. The molecule has 1 fully saturated rings. The number of hydrogen-bond donors (Lipinski definition) is 0. The van der Waals surface area contributed by atoms with Gasteiger partial charge >= 0.3 is 0 Å². The molecular weight excluding hydrogens is 338 g/mol. The second-order valence-electron chi connectivity index (χ2n) is 7.33. The highest BCUT2D eigenvalue weighted by molar-refractivity contribution is 5.94. The molecule has 1 aliphatic rings. The summed E-state index contributed by atoms with van der Waals surface area (Å²) in [5.74, 6) is 1.53. The molecule has 0 bridgehead atoms. The molecule has 2 heterocycles. The van der Waals surface area contributed by atoms with Crippen LogP contribution < -0.4 is 4.74 Å². The predicted octanol–water partition coefficient (Wildman–Crippen LogP) is 3.12. The maximum Gasteiger partial charge on any atom is 0.253 e. The maximum absolute atomic E-state index is 13.1. The number of hydrogen-bond acceptors (Lipinski definition) is 4. The third-order valence-electron chi connectivity index (χ3n) is 5.36. The standard InChI is InChI=1S/C22H29N3O2/c1-24-14-9-19(10-15-24)17-25(22(26)20-7-12-23-13-8-20)16-11-18-3-5-21(27-2)6-4-18/h3-8,12-13,19H,9-11,14-17H2,1-2H3. The van der Waals surface area contributed by atoms with Gasteiger partial charge in [-0.05, 0) is 75.1 Å². The molecule has 0 spiro atoms. The molecule has 1 amide bonds. The van der Waals surface area contributed by atoms with Crippen LogP contribution in [-0.2, 0) is 6.42 Å². The van der Waals surface area contributed by atoms with Crippen molar-refractivity contribution in [1.82, 2.24) is 14.8 Å². The van der Waals surface area contributed by atoms with Crippen LogP contribution in [-0.4, -0.2) is 61.0 Å². The number of ether oxygens (including phenoxy) is 1. The molecule has 1 aromatic heterocycles. The molecule has 0 unspecified atom stereocenters. The first kappa shape index (κ1) is 19.4. The van der Waals surface area contributed by atoms with E-state index in [2.05, 4.69) is 29.1 Å². The van der Waals surface area contributed by atoms with Gasteiger partial charge in [0.2, 0.25) is 0 Å². The third-order valence-corrected chi connectivity index (χ3v) is 5.36. The lowest BCUT2D eigenvalue weighted by atomic mass is 9.96. The van der Waals surface area contributed by atoms with Crippen molar-refractivity contribution in [2.24, 2.45) is 5.92 Å². The third kappa shape index (κ3) is 5.54. The normalized spacial score (nSPS) is 15.5. The van der Waals surface area contributed by atoms with Gasteiger partial charge in [-0.2, -0.15) is 0 Å². The summed E-state index contributed by atoms with van der Waals surface area (Å²) in [7, 11) is 3.84. The van der Waals surface area contributed by atoms with Gasteiger partial charge < -0.3 is 14.5 Å². The van der Waals surface area contributed by atoms with Crippen molar-refractivity contribution >= 4 is 5.91 Å². The topological polar surface area (TPSA) is 45.7 Å². The number of amides is 1. The first-order valence-electron chi connectivity index (χ1n) is 9.66. The summed E-state index contributed by atoms with van der Waals surface area (Å²) in [6.45, 7) is 3.77. The molecular formula is C22H29N3O2. The SMILES string of the molecule is COc1ccc(CCN(CC2CCN(C)CC2)C(=O)c2ccncc2)cc1. The molecule has 1 saturated heterocycles. The smallest absolute Gasteiger partial charge is 0.253 e. The van der Waals surface area contributed by atoms with Crippen LogP contribution in [0.1, 0.15) is 28.8 Å². The van der Waals surface area contributed by atoms with Crippen LogP contribution in [0.5, 0.6) is 5.75 Å². The second kappa shape index (κ2) is 9.51. The van der Waals surface area contributed by atoms with E-state index >= 15 is 0 Å². The highest BCUT2D eigenvalue weighted by Crippen LogP contribution is 2.19. The van der Waals surface area contributed by atoms with Crippen molar-refractivity contribution in [3.8, 4) is 5.75 Å². The molecule has 1 aliphatic heterocycles. The van der Waals surface area contributed by atoms with Crippen molar-refractivity contribution in [2.75, 3.05) is 40.3 Å². The highest BCUT2D eigenvalue weighted by atomic mass is 16.5. The first-order valence-corrected chi connectivity index (χ1v) is 9.66. The minimum absolute atomic E-state index is 0.102. The van der Waals surface area contributed by atoms with Crippen LogP contribution in [0.3, 0.4) is 0 Å². The van der Waals surface area contributed by atoms with E-state index in [9.17, 15) is 4.79 Å². The molecule has 0 N–H and O–H groups in total. The monoisotopic (exact) mass is 367 g/mol. The zero-order chi connectivity index (χ0) is 19.1. The minimum atomic E-state index is 0.102. The highest BCUT2D eigenvalue weighted by Gasteiger charge is 2.23. The van der Waals surface area contributed by atoms with Crippen molar-refractivity contribution in [2.45, 2.75) is 19.3 Å². The number of piperidine rings is 1. The van der Waals surface area contributed by atoms with Crippen molar-refractivity contribution in [1.29, 1.82) is 0 Å². The van der Waals surface area contributed by atoms with Crippen LogP contribution in [0, 0.1) is 5.92 Å². The summed E-state index contributed by atoms with van der Waals surface area (Å²) in [5, 5.41) is 0. The van der Waals surface area contributed by atoms with Crippen LogP contribution >= 0.6 is 0 Å². The summed E-state index contributed by atoms with van der Waals surface area (Å²) >= 11 is 0. The molecule has 0 saturated carbocycles. The molecule has 5 nitrogen and oxygen atoms in total. The van der Waals surface area contributed by atoms with Gasteiger partial charge in [0, 0.05) is 31.0 Å². The largest absolute Gasteiger partial charge is 0.497 e. The van der Waals surface area contributed by atoms with Gasteiger partial charge in [0.1, 0.15) is 5.75 Å². The second-order valence-corrected chi connectivity index (χ2v) is 7.33. The van der Waals surface area contributed by atoms with E-state index in [0.717, 1.165) is 51.2 Å². The van der Waals surface area contributed by atoms with E-state index in [1.54, 1.807) is 31.6 Å². The lowest BCUT2D eigenvalue weighted by molar-refractivity contribution is 0.0700. The van der Waals surface area contributed by atoms with E-state index in [-0.39, 0.29) is 5.91 Å². The van der Waals surface area contributed by atoms with Gasteiger partial charge in [0.05, 0.1) is 7.11 Å². The summed E-state index contributed by atoms with van der Waals surface area (Å²) in [4.78, 5) is 21.5. The fourth-order valence-corrected chi connectivity index (χ4v) is 3.57. The fraction of sp³-hybridized carbons (Fsp3) is 0.455. The Morgan fingerprint density at radius 3 is 2.44 bits per heavy atom. The van der Waals surface area contributed by atoms with Crippen LogP contribution in [0.15, 0.2) is 48.8 Å². The molecule has 0 aliphatic carbocycles. The average molecular weight is 367 g/mol. The summed E-state index contributed by atoms with van der Waals surface area (Å²) < 4.78 is 5.23. The van der Waals surface area contributed by atoms with Crippen molar-refractivity contribution in [3.63, 3.8) is 0 Å². The lowest BCUT2D eigenvalue weighted by Crippen LogP contribution is -2.40. The van der Waals surface area contributed by atoms with Crippen LogP contribution in [0.4, 0.5) is 0 Å². The molecule has 144 valence electrons. The van der Waals surface area contributed by atoms with E-state index in [1.165, 1.54) is 5.56 Å². The first-order chi connectivity index (χ1) is 13.2. The summed E-state index contributed by atoms with van der Waals surface area (Å²) in [5.41, 5.74) is 1.93. The average Bonchev–Trinajstić information content (AvgIpc) is 2.73. The van der Waals surface area contributed by atoms with E-state index in [0.29, 0.717) is 11.5 Å². The lowest BCUT2D eigenvalue weighted by Gasteiger charge is -2.33. The molecule has 27 heavy (non-hydrogen) atoms. The number of carbonyl (C=O) groups is 1. The number of carbonyl (C=O) groups excluding carboxylic acids is 1. The number of likely N-dealkylation sites (tertiary alicyclic amines) is 1. The van der Waals surface area contributed by atoms with Crippen LogP contribution in [0.25, 0.3) is 0 Å². The van der Waals surface area contributed by atoms with Crippen LogP contribution in [0.2, 0.25) is 0 Å². The number of pyridine rings is 1. The van der Waals surface area contributed by atoms with Gasteiger partial charge in [-0.25, -0.2) is 0 Å². The Balaban J connectivity index is 1.67. The fourth-order valence-electron chi connectivity index (χ4n) is 3.57. The molecule has 0 atom stereocenters. The molecule has 3 rings (SSSR count). The Morgan fingerprint density at radius 2 is 1.81 bits per heavy atom. The van der Waals surface area contributed by atoms with Crippen molar-refractivity contribution in [3.05, 3.63) is 59.9 Å². The predicted molar refractivity (Wildman–Crippen MR) is 107 cm³/mol. The van der Waals surface area contributed by atoms with Gasteiger partial charge in [0.15, 0.2) is 0 Å². The quantitative estimate of drug-likeness (QED) is 0.754. The van der Waals surface area contributed by atoms with Crippen molar-refractivity contribution < 1.29 is 9.53 Å². The number of aromatic nitrogens is 1. The number of methoxy groups -OCH3 is 1. The Morgan fingerprint density at radius 1 is 1.15 bits per heavy atom. The number of benzene rings is 1. The zero-order valence-corrected chi connectivity index (χ0v) is 16.3. The van der Waals surface area contributed by atoms with E-state index < -0.39 is 0 Å².